The molecule has 2 aromatic carbocycles. The van der Waals surface area contributed by atoms with Crippen LogP contribution in [0.3, 0.4) is 0 Å². The fourth-order valence-corrected chi connectivity index (χ4v) is 3.00. The van der Waals surface area contributed by atoms with E-state index in [1.54, 1.807) is 24.6 Å². The number of nitriles is 1. The maximum Gasteiger partial charge on any atom is 0.238 e. The molecule has 0 unspecified atom stereocenters. The predicted molar refractivity (Wildman–Crippen MR) is 110 cm³/mol. The van der Waals surface area contributed by atoms with Crippen LogP contribution in [0.25, 0.3) is 22.5 Å². The summed E-state index contributed by atoms with van der Waals surface area (Å²) in [6.07, 6.45) is 3.13. The van der Waals surface area contributed by atoms with Gasteiger partial charge in [0, 0.05) is 11.1 Å². The van der Waals surface area contributed by atoms with Gasteiger partial charge in [0.15, 0.2) is 0 Å². The molecule has 4 rings (SSSR count). The lowest BCUT2D eigenvalue weighted by molar-refractivity contribution is 0.559. The summed E-state index contributed by atoms with van der Waals surface area (Å²) in [5.74, 6) is 1.49. The highest BCUT2D eigenvalue weighted by Crippen LogP contribution is 2.42. The van der Waals surface area contributed by atoms with Crippen molar-refractivity contribution in [2.24, 2.45) is 4.99 Å². The van der Waals surface area contributed by atoms with E-state index < -0.39 is 0 Å². The van der Waals surface area contributed by atoms with Crippen LogP contribution in [-0.2, 0) is 0 Å². The first kappa shape index (κ1) is 17.6. The van der Waals surface area contributed by atoms with E-state index in [1.165, 1.54) is 0 Å². The fourth-order valence-electron chi connectivity index (χ4n) is 3.00. The molecule has 0 aliphatic rings. The van der Waals surface area contributed by atoms with Gasteiger partial charge in [-0.3, -0.25) is 0 Å². The first-order valence-corrected chi connectivity index (χ1v) is 8.94. The summed E-state index contributed by atoms with van der Waals surface area (Å²) in [7, 11) is 0. The lowest BCUT2D eigenvalue weighted by atomic mass is 9.97. The smallest absolute Gasteiger partial charge is 0.238 e. The second-order valence-corrected chi connectivity index (χ2v) is 6.60. The molecule has 0 saturated heterocycles. The zero-order valence-electron chi connectivity index (χ0n) is 15.6. The van der Waals surface area contributed by atoms with Crippen LogP contribution in [-0.4, -0.2) is 6.21 Å². The molecule has 2 aromatic heterocycles. The highest BCUT2D eigenvalue weighted by Gasteiger charge is 2.22. The molecular weight excluding hydrogens is 348 g/mol. The van der Waals surface area contributed by atoms with Crippen molar-refractivity contribution in [3.05, 3.63) is 89.4 Å². The minimum Gasteiger partial charge on any atom is -0.463 e. The molecule has 0 atom stereocenters. The van der Waals surface area contributed by atoms with Crippen LogP contribution in [0.15, 0.2) is 80.8 Å². The topological polar surface area (TPSA) is 62.4 Å². The van der Waals surface area contributed by atoms with Gasteiger partial charge in [0.1, 0.15) is 23.2 Å². The van der Waals surface area contributed by atoms with Crippen LogP contribution < -0.4 is 0 Å². The predicted octanol–water partition coefficient (Wildman–Crippen LogP) is 6.45. The Bertz CT molecular complexity index is 1160. The SMILES string of the molecule is Cc1ccc(-c2oc(N=Cc3ccco3)c(C#N)c2-c2ccc(C)cc2)cc1. The average Bonchev–Trinajstić information content (AvgIpc) is 3.35. The molecule has 4 heteroatoms. The number of hydrogen-bond donors (Lipinski definition) is 0. The Kier molecular flexibility index (Phi) is 4.65. The normalized spacial score (nSPS) is 11.0. The molecule has 136 valence electrons. The van der Waals surface area contributed by atoms with Gasteiger partial charge in [-0.2, -0.15) is 5.26 Å². The van der Waals surface area contributed by atoms with Crippen LogP contribution in [0, 0.1) is 25.2 Å². The Morgan fingerprint density at radius 1 is 0.893 bits per heavy atom. The lowest BCUT2D eigenvalue weighted by Crippen LogP contribution is -1.85. The van der Waals surface area contributed by atoms with Crippen molar-refractivity contribution >= 4 is 12.1 Å². The summed E-state index contributed by atoms with van der Waals surface area (Å²) in [5, 5.41) is 9.87. The zero-order chi connectivity index (χ0) is 19.5. The molecular formula is C24H18N2O2. The van der Waals surface area contributed by atoms with Crippen molar-refractivity contribution in [2.75, 3.05) is 0 Å². The minimum atomic E-state index is 0.269. The first-order valence-electron chi connectivity index (χ1n) is 8.94. The van der Waals surface area contributed by atoms with Gasteiger partial charge in [-0.1, -0.05) is 59.7 Å². The maximum atomic E-state index is 9.87. The van der Waals surface area contributed by atoms with E-state index in [4.69, 9.17) is 8.83 Å². The van der Waals surface area contributed by atoms with Crippen molar-refractivity contribution in [1.82, 2.24) is 0 Å². The number of rotatable bonds is 4. The molecule has 4 nitrogen and oxygen atoms in total. The van der Waals surface area contributed by atoms with Crippen molar-refractivity contribution < 1.29 is 8.83 Å². The average molecular weight is 366 g/mol. The number of hydrogen-bond acceptors (Lipinski definition) is 4. The standard InChI is InChI=1S/C24H18N2O2/c1-16-5-9-18(10-6-16)22-21(14-25)24(26-15-20-4-3-13-27-20)28-23(22)19-11-7-17(2)8-12-19/h3-13,15H,1-2H3. The third-order valence-electron chi connectivity index (χ3n) is 4.51. The lowest BCUT2D eigenvalue weighted by Gasteiger charge is -2.05. The summed E-state index contributed by atoms with van der Waals surface area (Å²) in [5.41, 5.74) is 5.28. The Balaban J connectivity index is 1.91. The summed E-state index contributed by atoms with van der Waals surface area (Å²) < 4.78 is 11.4. The fraction of sp³-hybridized carbons (Fsp3) is 0.0833. The molecule has 0 bridgehead atoms. The Labute approximate surface area is 163 Å². The molecule has 0 aliphatic carbocycles. The number of nitrogens with zero attached hydrogens (tertiary/aromatic N) is 2. The van der Waals surface area contributed by atoms with E-state index in [0.717, 1.165) is 27.8 Å². The molecule has 28 heavy (non-hydrogen) atoms. The van der Waals surface area contributed by atoms with E-state index in [9.17, 15) is 5.26 Å². The quantitative estimate of drug-likeness (QED) is 0.390. The molecule has 0 saturated carbocycles. The Hall–Kier alpha value is -3.84. The zero-order valence-corrected chi connectivity index (χ0v) is 15.6. The third kappa shape index (κ3) is 3.38. The largest absolute Gasteiger partial charge is 0.463 e. The molecule has 0 radical (unpaired) electrons. The van der Waals surface area contributed by atoms with Crippen LogP contribution >= 0.6 is 0 Å². The minimum absolute atomic E-state index is 0.269. The molecule has 0 spiro atoms. The molecule has 0 N–H and O–H groups in total. The number of aliphatic imine (C=N–C) groups is 1. The number of aryl methyl sites for hydroxylation is 2. The molecule has 0 aliphatic heterocycles. The Morgan fingerprint density at radius 3 is 2.11 bits per heavy atom. The van der Waals surface area contributed by atoms with Crippen molar-refractivity contribution in [3.63, 3.8) is 0 Å². The summed E-state index contributed by atoms with van der Waals surface area (Å²) >= 11 is 0. The van der Waals surface area contributed by atoms with Gasteiger partial charge in [0.2, 0.25) is 5.88 Å². The van der Waals surface area contributed by atoms with Crippen molar-refractivity contribution in [1.29, 1.82) is 5.26 Å². The van der Waals surface area contributed by atoms with Crippen LogP contribution in [0.4, 0.5) is 5.88 Å². The highest BCUT2D eigenvalue weighted by molar-refractivity contribution is 5.89. The second-order valence-electron chi connectivity index (χ2n) is 6.60. The van der Waals surface area contributed by atoms with Crippen LogP contribution in [0.1, 0.15) is 22.5 Å². The van der Waals surface area contributed by atoms with Gasteiger partial charge in [0.25, 0.3) is 0 Å². The Morgan fingerprint density at radius 2 is 1.54 bits per heavy atom. The van der Waals surface area contributed by atoms with Crippen molar-refractivity contribution in [3.8, 4) is 28.5 Å². The van der Waals surface area contributed by atoms with Gasteiger partial charge in [-0.15, -0.1) is 0 Å². The third-order valence-corrected chi connectivity index (χ3v) is 4.51. The van der Waals surface area contributed by atoms with Gasteiger partial charge in [-0.25, -0.2) is 4.99 Å². The monoisotopic (exact) mass is 366 g/mol. The number of benzene rings is 2. The highest BCUT2D eigenvalue weighted by atomic mass is 16.4. The first-order chi connectivity index (χ1) is 13.7. The number of furan rings is 2. The second kappa shape index (κ2) is 7.42. The summed E-state index contributed by atoms with van der Waals surface area (Å²) in [6, 6.07) is 21.9. The van der Waals surface area contributed by atoms with Gasteiger partial charge < -0.3 is 8.83 Å². The molecule has 0 amide bonds. The van der Waals surface area contributed by atoms with E-state index in [1.807, 2.05) is 62.4 Å². The summed E-state index contributed by atoms with van der Waals surface area (Å²) in [4.78, 5) is 4.38. The maximum absolute atomic E-state index is 9.87. The van der Waals surface area contributed by atoms with Gasteiger partial charge in [0.05, 0.1) is 12.5 Å². The van der Waals surface area contributed by atoms with Gasteiger partial charge >= 0.3 is 0 Å². The summed E-state index contributed by atoms with van der Waals surface area (Å²) in [6.45, 7) is 4.07. The van der Waals surface area contributed by atoms with E-state index in [2.05, 4.69) is 11.1 Å². The molecule has 0 fully saturated rings. The van der Waals surface area contributed by atoms with E-state index in [-0.39, 0.29) is 5.88 Å². The van der Waals surface area contributed by atoms with Crippen molar-refractivity contribution in [2.45, 2.75) is 13.8 Å². The van der Waals surface area contributed by atoms with Gasteiger partial charge in [-0.05, 0) is 31.5 Å². The molecule has 2 heterocycles. The van der Waals surface area contributed by atoms with E-state index in [0.29, 0.717) is 17.1 Å². The van der Waals surface area contributed by atoms with Crippen LogP contribution in [0.2, 0.25) is 0 Å². The van der Waals surface area contributed by atoms with Crippen LogP contribution in [0.5, 0.6) is 0 Å². The van der Waals surface area contributed by atoms with E-state index >= 15 is 0 Å². The molecule has 4 aromatic rings.